The second-order valence-corrected chi connectivity index (χ2v) is 7.71. The molecule has 31 heavy (non-hydrogen) atoms. The Labute approximate surface area is 186 Å². The largest absolute Gasteiger partial charge is 0.493 e. The third-order valence-corrected chi connectivity index (χ3v) is 5.91. The first-order valence-corrected chi connectivity index (χ1v) is 10.8. The van der Waals surface area contributed by atoms with Crippen LogP contribution in [0.4, 0.5) is 4.79 Å². The van der Waals surface area contributed by atoms with E-state index in [0.29, 0.717) is 54.9 Å². The number of carbonyl (C=O) groups is 1. The van der Waals surface area contributed by atoms with Gasteiger partial charge in [0.25, 0.3) is 0 Å². The number of benzene rings is 2. The predicted octanol–water partition coefficient (Wildman–Crippen LogP) is 4.47. The lowest BCUT2D eigenvalue weighted by Crippen LogP contribution is -2.40. The molecule has 4 rings (SSSR count). The SMILES string of the molecule is CCOC(=O)N1Cc2c(ccc(OC)c2OC)CC1c1cc2c(cc1CCCl)OCO2. The predicted molar refractivity (Wildman–Crippen MR) is 116 cm³/mol. The first-order valence-electron chi connectivity index (χ1n) is 10.3. The van der Waals surface area contributed by atoms with Crippen LogP contribution in [0.1, 0.15) is 35.2 Å². The molecule has 2 aromatic carbocycles. The molecule has 7 nitrogen and oxygen atoms in total. The van der Waals surface area contributed by atoms with Gasteiger partial charge < -0.3 is 23.7 Å². The zero-order valence-corrected chi connectivity index (χ0v) is 18.7. The van der Waals surface area contributed by atoms with Crippen LogP contribution in [0.15, 0.2) is 24.3 Å². The Kier molecular flexibility index (Phi) is 6.32. The summed E-state index contributed by atoms with van der Waals surface area (Å²) in [7, 11) is 3.21. The molecule has 2 aliphatic rings. The van der Waals surface area contributed by atoms with Crippen molar-refractivity contribution in [1.29, 1.82) is 0 Å². The van der Waals surface area contributed by atoms with E-state index in [1.165, 1.54) is 0 Å². The highest BCUT2D eigenvalue weighted by Gasteiger charge is 2.36. The van der Waals surface area contributed by atoms with Crippen LogP contribution in [-0.2, 0) is 24.1 Å². The molecule has 0 saturated carbocycles. The van der Waals surface area contributed by atoms with Gasteiger partial charge in [-0.05, 0) is 54.7 Å². The number of carbonyl (C=O) groups excluding carboxylic acids is 1. The van der Waals surface area contributed by atoms with Crippen molar-refractivity contribution < 1.29 is 28.5 Å². The Bertz CT molecular complexity index is 979. The van der Waals surface area contributed by atoms with Gasteiger partial charge in [-0.2, -0.15) is 0 Å². The van der Waals surface area contributed by atoms with E-state index < -0.39 is 0 Å². The molecule has 2 aliphatic heterocycles. The molecule has 166 valence electrons. The number of hydrogen-bond acceptors (Lipinski definition) is 6. The molecular weight excluding hydrogens is 422 g/mol. The molecule has 0 saturated heterocycles. The van der Waals surface area contributed by atoms with E-state index in [1.807, 2.05) is 24.3 Å². The zero-order valence-electron chi connectivity index (χ0n) is 17.9. The molecule has 0 fully saturated rings. The second kappa shape index (κ2) is 9.14. The lowest BCUT2D eigenvalue weighted by atomic mass is 9.86. The fraction of sp³-hybridized carbons (Fsp3) is 0.435. The summed E-state index contributed by atoms with van der Waals surface area (Å²) in [6.07, 6.45) is 0.876. The lowest BCUT2D eigenvalue weighted by Gasteiger charge is -2.38. The molecule has 1 unspecified atom stereocenters. The molecule has 1 atom stereocenters. The van der Waals surface area contributed by atoms with E-state index in [0.717, 1.165) is 22.3 Å². The van der Waals surface area contributed by atoms with Crippen LogP contribution in [0, 0.1) is 0 Å². The molecule has 0 aliphatic carbocycles. The number of fused-ring (bicyclic) bond motifs is 2. The number of amides is 1. The summed E-state index contributed by atoms with van der Waals surface area (Å²) in [4.78, 5) is 14.7. The summed E-state index contributed by atoms with van der Waals surface area (Å²) in [5.41, 5.74) is 4.03. The van der Waals surface area contributed by atoms with Crippen molar-refractivity contribution in [2.45, 2.75) is 32.4 Å². The van der Waals surface area contributed by atoms with Gasteiger partial charge in [0.2, 0.25) is 6.79 Å². The molecule has 1 amide bonds. The molecule has 0 N–H and O–H groups in total. The average molecular weight is 448 g/mol. The smallest absolute Gasteiger partial charge is 0.410 e. The normalized spacial score (nSPS) is 16.6. The number of halogens is 1. The van der Waals surface area contributed by atoms with Crippen molar-refractivity contribution in [3.63, 3.8) is 0 Å². The standard InChI is InChI=1S/C23H26ClNO6/c1-4-29-23(26)25-12-17-14(5-6-19(27-2)22(17)28-3)9-18(25)16-11-21-20(30-13-31-21)10-15(16)7-8-24/h5-6,10-11,18H,4,7-9,12-13H2,1-3H3. The van der Waals surface area contributed by atoms with E-state index in [1.54, 1.807) is 26.0 Å². The van der Waals surface area contributed by atoms with Crippen LogP contribution < -0.4 is 18.9 Å². The number of hydrogen-bond donors (Lipinski definition) is 0. The summed E-state index contributed by atoms with van der Waals surface area (Å²) in [5, 5.41) is 0. The molecular formula is C23H26ClNO6. The molecule has 0 aromatic heterocycles. The van der Waals surface area contributed by atoms with Crippen molar-refractivity contribution in [3.05, 3.63) is 46.5 Å². The highest BCUT2D eigenvalue weighted by molar-refractivity contribution is 6.18. The minimum atomic E-state index is -0.377. The topological polar surface area (TPSA) is 66.5 Å². The highest BCUT2D eigenvalue weighted by atomic mass is 35.5. The molecule has 0 spiro atoms. The van der Waals surface area contributed by atoms with Gasteiger partial charge in [0.1, 0.15) is 0 Å². The molecule has 2 aromatic rings. The van der Waals surface area contributed by atoms with Crippen LogP contribution in [0.5, 0.6) is 23.0 Å². The minimum Gasteiger partial charge on any atom is -0.493 e. The Morgan fingerprint density at radius 1 is 1.19 bits per heavy atom. The average Bonchev–Trinajstić information content (AvgIpc) is 3.24. The monoisotopic (exact) mass is 447 g/mol. The van der Waals surface area contributed by atoms with Gasteiger partial charge in [0.15, 0.2) is 23.0 Å². The van der Waals surface area contributed by atoms with Crippen molar-refractivity contribution >= 4 is 17.7 Å². The third kappa shape index (κ3) is 3.94. The van der Waals surface area contributed by atoms with Gasteiger partial charge in [-0.3, -0.25) is 4.90 Å². The first-order chi connectivity index (χ1) is 15.1. The summed E-state index contributed by atoms with van der Waals surface area (Å²) in [6.45, 7) is 2.62. The van der Waals surface area contributed by atoms with Gasteiger partial charge in [-0.1, -0.05) is 6.07 Å². The Morgan fingerprint density at radius 2 is 1.97 bits per heavy atom. The van der Waals surface area contributed by atoms with Gasteiger partial charge in [0.05, 0.1) is 33.4 Å². The van der Waals surface area contributed by atoms with Gasteiger partial charge in [-0.25, -0.2) is 4.79 Å². The van der Waals surface area contributed by atoms with Gasteiger partial charge in [0, 0.05) is 11.4 Å². The Balaban J connectivity index is 1.82. The van der Waals surface area contributed by atoms with Gasteiger partial charge >= 0.3 is 6.09 Å². The minimum absolute atomic E-state index is 0.186. The molecule has 0 radical (unpaired) electrons. The molecule has 2 heterocycles. The van der Waals surface area contributed by atoms with Crippen LogP contribution in [0.25, 0.3) is 0 Å². The quantitative estimate of drug-likeness (QED) is 0.609. The fourth-order valence-electron chi connectivity index (χ4n) is 4.30. The van der Waals surface area contributed by atoms with Crippen LogP contribution in [0.3, 0.4) is 0 Å². The van der Waals surface area contributed by atoms with E-state index in [4.69, 9.17) is 35.3 Å². The Hall–Kier alpha value is -2.80. The maximum absolute atomic E-state index is 13.0. The number of rotatable bonds is 6. The van der Waals surface area contributed by atoms with E-state index in [2.05, 4.69) is 0 Å². The summed E-state index contributed by atoms with van der Waals surface area (Å²) in [5.74, 6) is 3.11. The molecule has 8 heteroatoms. The lowest BCUT2D eigenvalue weighted by molar-refractivity contribution is 0.0813. The van der Waals surface area contributed by atoms with E-state index in [-0.39, 0.29) is 18.9 Å². The number of alkyl halides is 1. The number of methoxy groups -OCH3 is 2. The summed E-state index contributed by atoms with van der Waals surface area (Å²) < 4.78 is 27.7. The maximum atomic E-state index is 13.0. The fourth-order valence-corrected chi connectivity index (χ4v) is 4.50. The summed E-state index contributed by atoms with van der Waals surface area (Å²) in [6, 6.07) is 7.62. The van der Waals surface area contributed by atoms with Crippen molar-refractivity contribution in [3.8, 4) is 23.0 Å². The van der Waals surface area contributed by atoms with E-state index in [9.17, 15) is 4.79 Å². The van der Waals surface area contributed by atoms with Crippen molar-refractivity contribution in [2.24, 2.45) is 0 Å². The summed E-state index contributed by atoms with van der Waals surface area (Å²) >= 11 is 6.09. The van der Waals surface area contributed by atoms with Gasteiger partial charge in [-0.15, -0.1) is 11.6 Å². The second-order valence-electron chi connectivity index (χ2n) is 7.33. The van der Waals surface area contributed by atoms with Crippen LogP contribution in [-0.4, -0.2) is 44.5 Å². The first kappa shape index (κ1) is 21.4. The Morgan fingerprint density at radius 3 is 2.65 bits per heavy atom. The number of ether oxygens (including phenoxy) is 5. The maximum Gasteiger partial charge on any atom is 0.410 e. The van der Waals surface area contributed by atoms with Crippen LogP contribution >= 0.6 is 11.6 Å². The highest BCUT2D eigenvalue weighted by Crippen LogP contribution is 2.45. The third-order valence-electron chi connectivity index (χ3n) is 5.72. The van der Waals surface area contributed by atoms with Crippen LogP contribution in [0.2, 0.25) is 0 Å². The molecule has 0 bridgehead atoms. The van der Waals surface area contributed by atoms with E-state index >= 15 is 0 Å². The number of nitrogens with zero attached hydrogens (tertiary/aromatic N) is 1. The van der Waals surface area contributed by atoms with Crippen molar-refractivity contribution in [1.82, 2.24) is 4.90 Å². The number of aryl methyl sites for hydroxylation is 1. The van der Waals surface area contributed by atoms with Crippen molar-refractivity contribution in [2.75, 3.05) is 33.5 Å². The zero-order chi connectivity index (χ0) is 22.0.